The molecule has 0 unspecified atom stereocenters. The van der Waals surface area contributed by atoms with Gasteiger partial charge in [0.1, 0.15) is 12.6 Å². The molecule has 0 spiro atoms. The number of nitrogens with zero attached hydrogens (tertiary/aromatic N) is 2. The van der Waals surface area contributed by atoms with Crippen molar-refractivity contribution in [2.24, 2.45) is 11.7 Å². The van der Waals surface area contributed by atoms with Gasteiger partial charge in [0.2, 0.25) is 11.6 Å². The monoisotopic (exact) mass is 453 g/mol. The number of rotatable bonds is 5. The van der Waals surface area contributed by atoms with Crippen molar-refractivity contribution in [3.63, 3.8) is 0 Å². The van der Waals surface area contributed by atoms with E-state index in [9.17, 15) is 19.2 Å². The standard InChI is InChI=1S/C23H23N3O7/c1-11-17(27)16-15(18(28)19(11)31-2)13(10-33-22(24)30)23(32-3)20-14(9-25(16)23)26(20)21(29)12-7-5-4-6-8-12/h4-8,13-14,20H,9-10H2,1-3H3,(H2,24,30)/t13-,14+,20+,23-,26?/m1/s1. The number of fused-ring (bicyclic) bond motifs is 4. The summed E-state index contributed by atoms with van der Waals surface area (Å²) in [5, 5.41) is 0. The van der Waals surface area contributed by atoms with Crippen LogP contribution in [0.15, 0.2) is 52.9 Å². The topological polar surface area (TPSA) is 128 Å². The summed E-state index contributed by atoms with van der Waals surface area (Å²) in [4.78, 5) is 54.8. The molecule has 0 bridgehead atoms. The zero-order chi connectivity index (χ0) is 23.7. The highest BCUT2D eigenvalue weighted by atomic mass is 16.6. The van der Waals surface area contributed by atoms with Gasteiger partial charge in [-0.05, 0) is 19.1 Å². The highest BCUT2D eigenvalue weighted by molar-refractivity contribution is 6.25. The Labute approximate surface area is 189 Å². The fraction of sp³-hybridized carbons (Fsp3) is 0.391. The van der Waals surface area contributed by atoms with Crippen LogP contribution in [0, 0.1) is 5.92 Å². The van der Waals surface area contributed by atoms with Crippen LogP contribution >= 0.6 is 0 Å². The third kappa shape index (κ3) is 2.64. The molecule has 4 atom stereocenters. The number of ketones is 2. The van der Waals surface area contributed by atoms with Gasteiger partial charge in [0.15, 0.2) is 11.5 Å². The molecule has 1 aliphatic carbocycles. The summed E-state index contributed by atoms with van der Waals surface area (Å²) in [7, 11) is 2.78. The van der Waals surface area contributed by atoms with Gasteiger partial charge < -0.3 is 29.7 Å². The molecule has 0 radical (unpaired) electrons. The molecule has 3 aliphatic heterocycles. The van der Waals surface area contributed by atoms with Crippen LogP contribution in [0.2, 0.25) is 0 Å². The lowest BCUT2D eigenvalue weighted by atomic mass is 9.83. The smallest absolute Gasteiger partial charge is 0.404 e. The SMILES string of the molecule is COC1=C(C)C(=O)C2=C(C1=O)[C@@H](COC(N)=O)[C@@]1(OC)[C@@H]3[C@H](CN21)N3C(=O)c1ccccc1. The van der Waals surface area contributed by atoms with Crippen LogP contribution in [0.25, 0.3) is 0 Å². The van der Waals surface area contributed by atoms with E-state index in [0.717, 1.165) is 0 Å². The van der Waals surface area contributed by atoms with Crippen LogP contribution in [0.3, 0.4) is 0 Å². The third-order valence-electron chi connectivity index (χ3n) is 7.05. The van der Waals surface area contributed by atoms with Crippen molar-refractivity contribution >= 4 is 23.6 Å². The Kier molecular flexibility index (Phi) is 4.61. The third-order valence-corrected chi connectivity index (χ3v) is 7.05. The highest BCUT2D eigenvalue weighted by Crippen LogP contribution is 2.60. The van der Waals surface area contributed by atoms with Crippen LogP contribution in [0.5, 0.6) is 0 Å². The number of benzene rings is 1. The van der Waals surface area contributed by atoms with Gasteiger partial charge >= 0.3 is 6.09 Å². The van der Waals surface area contributed by atoms with E-state index in [0.29, 0.717) is 12.1 Å². The summed E-state index contributed by atoms with van der Waals surface area (Å²) < 4.78 is 16.4. The van der Waals surface area contributed by atoms with E-state index in [1.165, 1.54) is 21.1 Å². The molecule has 5 rings (SSSR count). The van der Waals surface area contributed by atoms with Gasteiger partial charge in [-0.3, -0.25) is 14.4 Å². The van der Waals surface area contributed by atoms with E-state index in [1.807, 2.05) is 6.07 Å². The molecule has 2 N–H and O–H groups in total. The molecule has 2 amide bonds. The predicted octanol–water partition coefficient (Wildman–Crippen LogP) is 0.589. The Morgan fingerprint density at radius 1 is 1.15 bits per heavy atom. The first-order valence-corrected chi connectivity index (χ1v) is 10.5. The average Bonchev–Trinajstić information content (AvgIpc) is 3.31. The van der Waals surface area contributed by atoms with Crippen molar-refractivity contribution in [2.75, 3.05) is 27.4 Å². The molecule has 10 heteroatoms. The minimum Gasteiger partial charge on any atom is -0.492 e. The number of primary amides is 1. The van der Waals surface area contributed by atoms with Crippen LogP contribution < -0.4 is 5.73 Å². The van der Waals surface area contributed by atoms with E-state index in [2.05, 4.69) is 0 Å². The largest absolute Gasteiger partial charge is 0.492 e. The first-order chi connectivity index (χ1) is 15.8. The molecule has 10 nitrogen and oxygen atoms in total. The maximum atomic E-state index is 13.4. The molecular weight excluding hydrogens is 430 g/mol. The number of nitrogens with two attached hydrogens (primary N) is 1. The number of piperazine rings is 1. The lowest BCUT2D eigenvalue weighted by molar-refractivity contribution is -0.143. The van der Waals surface area contributed by atoms with E-state index < -0.39 is 29.6 Å². The number of methoxy groups -OCH3 is 2. The Hall–Kier alpha value is -3.66. The number of Topliss-reactive ketones (excluding diaryl/α,β-unsaturated/α-hetero) is 2. The van der Waals surface area contributed by atoms with Gasteiger partial charge in [0.25, 0.3) is 5.91 Å². The summed E-state index contributed by atoms with van der Waals surface area (Å²) in [6, 6.07) is 8.16. The van der Waals surface area contributed by atoms with Crippen molar-refractivity contribution in [2.45, 2.75) is 24.7 Å². The van der Waals surface area contributed by atoms with Crippen molar-refractivity contribution in [3.05, 3.63) is 58.5 Å². The minimum absolute atomic E-state index is 0.0557. The zero-order valence-electron chi connectivity index (χ0n) is 18.4. The lowest BCUT2D eigenvalue weighted by Gasteiger charge is -2.41. The second-order valence-electron chi connectivity index (χ2n) is 8.42. The summed E-state index contributed by atoms with van der Waals surface area (Å²) >= 11 is 0. The van der Waals surface area contributed by atoms with Crippen molar-refractivity contribution < 1.29 is 33.4 Å². The van der Waals surface area contributed by atoms with E-state index in [1.54, 1.807) is 34.1 Å². The Bertz CT molecular complexity index is 1160. The second kappa shape index (κ2) is 7.17. The molecular formula is C23H23N3O7. The number of hydrogen-bond acceptors (Lipinski definition) is 8. The van der Waals surface area contributed by atoms with Crippen LogP contribution in [-0.4, -0.2) is 78.5 Å². The average molecular weight is 453 g/mol. The molecule has 33 heavy (non-hydrogen) atoms. The normalized spacial score (nSPS) is 29.7. The van der Waals surface area contributed by atoms with E-state index in [4.69, 9.17) is 19.9 Å². The van der Waals surface area contributed by atoms with Crippen LogP contribution in [-0.2, 0) is 23.8 Å². The number of allylic oxidation sites excluding steroid dienone is 2. The molecule has 2 fully saturated rings. The van der Waals surface area contributed by atoms with E-state index >= 15 is 0 Å². The molecule has 3 heterocycles. The molecule has 2 saturated heterocycles. The predicted molar refractivity (Wildman–Crippen MR) is 112 cm³/mol. The Balaban J connectivity index is 1.58. The molecule has 1 aromatic carbocycles. The fourth-order valence-corrected chi connectivity index (χ4v) is 5.69. The molecule has 0 aromatic heterocycles. The second-order valence-corrected chi connectivity index (χ2v) is 8.42. The summed E-state index contributed by atoms with van der Waals surface area (Å²) in [5.41, 5.74) is 5.03. The molecule has 4 aliphatic rings. The Morgan fingerprint density at radius 3 is 2.45 bits per heavy atom. The quantitative estimate of drug-likeness (QED) is 0.507. The number of hydrogen-bond donors (Lipinski definition) is 1. The first kappa shape index (κ1) is 21.2. The summed E-state index contributed by atoms with van der Waals surface area (Å²) in [6.07, 6.45) is -1.02. The number of carbonyl (C=O) groups excluding carboxylic acids is 4. The zero-order valence-corrected chi connectivity index (χ0v) is 18.4. The number of amides is 2. The van der Waals surface area contributed by atoms with Crippen LogP contribution in [0.1, 0.15) is 17.3 Å². The Morgan fingerprint density at radius 2 is 1.85 bits per heavy atom. The van der Waals surface area contributed by atoms with Gasteiger partial charge in [-0.25, -0.2) is 4.79 Å². The number of carbonyl (C=O) groups is 4. The van der Waals surface area contributed by atoms with Gasteiger partial charge in [-0.15, -0.1) is 0 Å². The first-order valence-electron chi connectivity index (χ1n) is 10.5. The maximum absolute atomic E-state index is 13.4. The van der Waals surface area contributed by atoms with Gasteiger partial charge in [0, 0.05) is 30.4 Å². The van der Waals surface area contributed by atoms with Crippen LogP contribution in [0.4, 0.5) is 4.79 Å². The van der Waals surface area contributed by atoms with Crippen molar-refractivity contribution in [3.8, 4) is 0 Å². The maximum Gasteiger partial charge on any atom is 0.404 e. The molecule has 0 saturated carbocycles. The number of ether oxygens (including phenoxy) is 3. The van der Waals surface area contributed by atoms with Gasteiger partial charge in [0.05, 0.1) is 24.8 Å². The van der Waals surface area contributed by atoms with Crippen molar-refractivity contribution in [1.29, 1.82) is 0 Å². The van der Waals surface area contributed by atoms with Crippen molar-refractivity contribution in [1.82, 2.24) is 9.80 Å². The molecule has 1 aromatic rings. The summed E-state index contributed by atoms with van der Waals surface area (Å²) in [5.74, 6) is -1.90. The lowest BCUT2D eigenvalue weighted by Crippen LogP contribution is -2.56. The molecule has 172 valence electrons. The fourth-order valence-electron chi connectivity index (χ4n) is 5.69. The summed E-state index contributed by atoms with van der Waals surface area (Å²) in [6.45, 7) is 1.55. The van der Waals surface area contributed by atoms with E-state index in [-0.39, 0.29) is 46.9 Å². The highest BCUT2D eigenvalue weighted by Gasteiger charge is 2.77. The minimum atomic E-state index is -1.26. The van der Waals surface area contributed by atoms with Gasteiger partial charge in [-0.1, -0.05) is 18.2 Å². The van der Waals surface area contributed by atoms with Gasteiger partial charge in [-0.2, -0.15) is 0 Å².